The van der Waals surface area contributed by atoms with Crippen LogP contribution in [0, 0.1) is 0 Å². The average molecular weight is 228 g/mol. The Kier molecular flexibility index (Phi) is 2.79. The van der Waals surface area contributed by atoms with E-state index in [0.29, 0.717) is 0 Å². The zero-order chi connectivity index (χ0) is 11.7. The van der Waals surface area contributed by atoms with Gasteiger partial charge in [0.1, 0.15) is 0 Å². The maximum Gasteiger partial charge on any atom is 0.0705 e. The topological polar surface area (TPSA) is 36.4 Å². The fourth-order valence-corrected chi connectivity index (χ4v) is 2.49. The molecule has 1 aliphatic rings. The van der Waals surface area contributed by atoms with E-state index in [0.717, 1.165) is 31.6 Å². The number of hydrogen-bond donors (Lipinski definition) is 1. The fraction of sp³-hybridized carbons (Fsp3) is 0.357. The minimum Gasteiger partial charge on any atom is -0.392 e. The second-order valence-electron chi connectivity index (χ2n) is 4.66. The van der Waals surface area contributed by atoms with Crippen LogP contribution < -0.4 is 0 Å². The summed E-state index contributed by atoms with van der Waals surface area (Å²) in [5.74, 6) is 0. The van der Waals surface area contributed by atoms with Gasteiger partial charge in [0.15, 0.2) is 0 Å². The standard InChI is InChI=1S/C14H16N2O/c17-12-6-8-16(10-12)9-11-5-7-15-14-4-2-1-3-13(11)14/h1-5,7,12,17H,6,8-10H2/t12-/m0/s1. The molecule has 0 radical (unpaired) electrons. The molecule has 3 nitrogen and oxygen atoms in total. The smallest absolute Gasteiger partial charge is 0.0705 e. The Morgan fingerprint density at radius 1 is 1.29 bits per heavy atom. The maximum atomic E-state index is 9.54. The van der Waals surface area contributed by atoms with Crippen LogP contribution in [0.3, 0.4) is 0 Å². The number of rotatable bonds is 2. The average Bonchev–Trinajstić information content (AvgIpc) is 2.75. The first-order valence-corrected chi connectivity index (χ1v) is 6.06. The lowest BCUT2D eigenvalue weighted by Crippen LogP contribution is -2.21. The molecule has 1 aromatic heterocycles. The number of aliphatic hydroxyl groups excluding tert-OH is 1. The Labute approximate surface area is 101 Å². The van der Waals surface area contributed by atoms with Gasteiger partial charge in [-0.3, -0.25) is 9.88 Å². The van der Waals surface area contributed by atoms with Crippen LogP contribution in [0.2, 0.25) is 0 Å². The predicted octanol–water partition coefficient (Wildman–Crippen LogP) is 1.80. The molecular weight excluding hydrogens is 212 g/mol. The van der Waals surface area contributed by atoms with Crippen molar-refractivity contribution in [2.75, 3.05) is 13.1 Å². The minimum absolute atomic E-state index is 0.150. The summed E-state index contributed by atoms with van der Waals surface area (Å²) in [6.07, 6.45) is 2.61. The molecule has 1 aliphatic heterocycles. The second-order valence-corrected chi connectivity index (χ2v) is 4.66. The highest BCUT2D eigenvalue weighted by atomic mass is 16.3. The third kappa shape index (κ3) is 2.16. The fourth-order valence-electron chi connectivity index (χ4n) is 2.49. The summed E-state index contributed by atoms with van der Waals surface area (Å²) in [6.45, 7) is 2.68. The molecule has 17 heavy (non-hydrogen) atoms. The van der Waals surface area contributed by atoms with E-state index in [1.165, 1.54) is 10.9 Å². The molecule has 1 fully saturated rings. The molecule has 3 rings (SSSR count). The Hall–Kier alpha value is -1.45. The summed E-state index contributed by atoms with van der Waals surface area (Å²) < 4.78 is 0. The van der Waals surface area contributed by atoms with Crippen LogP contribution in [0.25, 0.3) is 10.9 Å². The van der Waals surface area contributed by atoms with E-state index >= 15 is 0 Å². The van der Waals surface area contributed by atoms with Crippen molar-refractivity contribution in [3.8, 4) is 0 Å². The molecular formula is C14H16N2O. The highest BCUT2D eigenvalue weighted by Gasteiger charge is 2.20. The largest absolute Gasteiger partial charge is 0.392 e. The molecule has 1 N–H and O–H groups in total. The van der Waals surface area contributed by atoms with Crippen molar-refractivity contribution >= 4 is 10.9 Å². The number of β-amino-alcohol motifs (C(OH)–C–C–N with tert-alkyl or cyclic N) is 1. The molecule has 0 spiro atoms. The molecule has 3 heteroatoms. The maximum absolute atomic E-state index is 9.54. The Morgan fingerprint density at radius 2 is 2.18 bits per heavy atom. The summed E-state index contributed by atoms with van der Waals surface area (Å²) in [5.41, 5.74) is 2.34. The summed E-state index contributed by atoms with van der Waals surface area (Å²) in [4.78, 5) is 6.66. The molecule has 0 saturated carbocycles. The van der Waals surface area contributed by atoms with Crippen LogP contribution in [0.15, 0.2) is 36.5 Å². The molecule has 2 heterocycles. The van der Waals surface area contributed by atoms with Gasteiger partial charge in [-0.05, 0) is 24.1 Å². The number of aliphatic hydroxyl groups is 1. The highest BCUT2D eigenvalue weighted by Crippen LogP contribution is 2.20. The van der Waals surface area contributed by atoms with E-state index in [2.05, 4.69) is 22.0 Å². The van der Waals surface area contributed by atoms with Gasteiger partial charge < -0.3 is 5.11 Å². The van der Waals surface area contributed by atoms with Crippen molar-refractivity contribution in [1.82, 2.24) is 9.88 Å². The van der Waals surface area contributed by atoms with Crippen LogP contribution in [0.5, 0.6) is 0 Å². The monoisotopic (exact) mass is 228 g/mol. The number of aromatic nitrogens is 1. The summed E-state index contributed by atoms with van der Waals surface area (Å²) in [7, 11) is 0. The van der Waals surface area contributed by atoms with Crippen molar-refractivity contribution in [3.63, 3.8) is 0 Å². The lowest BCUT2D eigenvalue weighted by Gasteiger charge is -2.16. The molecule has 1 atom stereocenters. The van der Waals surface area contributed by atoms with E-state index in [-0.39, 0.29) is 6.10 Å². The Morgan fingerprint density at radius 3 is 3.00 bits per heavy atom. The van der Waals surface area contributed by atoms with E-state index in [9.17, 15) is 5.11 Å². The SMILES string of the molecule is O[C@H]1CCN(Cc2ccnc3ccccc23)C1. The number of hydrogen-bond acceptors (Lipinski definition) is 3. The number of nitrogens with zero attached hydrogens (tertiary/aromatic N) is 2. The zero-order valence-electron chi connectivity index (χ0n) is 9.71. The van der Waals surface area contributed by atoms with Gasteiger partial charge in [-0.15, -0.1) is 0 Å². The zero-order valence-corrected chi connectivity index (χ0v) is 9.71. The molecule has 0 unspecified atom stereocenters. The molecule has 1 saturated heterocycles. The summed E-state index contributed by atoms with van der Waals surface area (Å²) >= 11 is 0. The van der Waals surface area contributed by atoms with Crippen molar-refractivity contribution in [3.05, 3.63) is 42.1 Å². The number of likely N-dealkylation sites (tertiary alicyclic amines) is 1. The van der Waals surface area contributed by atoms with Gasteiger partial charge in [0.05, 0.1) is 11.6 Å². The lowest BCUT2D eigenvalue weighted by molar-refractivity contribution is 0.175. The van der Waals surface area contributed by atoms with Gasteiger partial charge in [-0.1, -0.05) is 18.2 Å². The first-order valence-electron chi connectivity index (χ1n) is 6.06. The Bertz CT molecular complexity index is 521. The van der Waals surface area contributed by atoms with E-state index in [4.69, 9.17) is 0 Å². The van der Waals surface area contributed by atoms with Crippen molar-refractivity contribution in [1.29, 1.82) is 0 Å². The molecule has 0 bridgehead atoms. The number of pyridine rings is 1. The van der Waals surface area contributed by atoms with Crippen LogP contribution in [-0.4, -0.2) is 34.2 Å². The summed E-state index contributed by atoms with van der Waals surface area (Å²) in [6, 6.07) is 10.3. The quantitative estimate of drug-likeness (QED) is 0.851. The predicted molar refractivity (Wildman–Crippen MR) is 67.6 cm³/mol. The molecule has 0 aliphatic carbocycles. The van der Waals surface area contributed by atoms with Crippen molar-refractivity contribution < 1.29 is 5.11 Å². The van der Waals surface area contributed by atoms with E-state index in [1.54, 1.807) is 0 Å². The van der Waals surface area contributed by atoms with Crippen LogP contribution in [-0.2, 0) is 6.54 Å². The second kappa shape index (κ2) is 4.43. The highest BCUT2D eigenvalue weighted by molar-refractivity contribution is 5.81. The molecule has 1 aromatic carbocycles. The van der Waals surface area contributed by atoms with Gasteiger partial charge >= 0.3 is 0 Å². The van der Waals surface area contributed by atoms with E-state index < -0.39 is 0 Å². The lowest BCUT2D eigenvalue weighted by atomic mass is 10.1. The molecule has 2 aromatic rings. The minimum atomic E-state index is -0.150. The summed E-state index contributed by atoms with van der Waals surface area (Å²) in [5, 5.41) is 10.8. The van der Waals surface area contributed by atoms with Gasteiger partial charge in [0.2, 0.25) is 0 Å². The Balaban J connectivity index is 1.90. The van der Waals surface area contributed by atoms with Crippen LogP contribution >= 0.6 is 0 Å². The van der Waals surface area contributed by atoms with Gasteiger partial charge in [0.25, 0.3) is 0 Å². The van der Waals surface area contributed by atoms with Crippen LogP contribution in [0.1, 0.15) is 12.0 Å². The van der Waals surface area contributed by atoms with Gasteiger partial charge in [-0.2, -0.15) is 0 Å². The van der Waals surface area contributed by atoms with Crippen LogP contribution in [0.4, 0.5) is 0 Å². The van der Waals surface area contributed by atoms with Crippen molar-refractivity contribution in [2.45, 2.75) is 19.1 Å². The van der Waals surface area contributed by atoms with Crippen molar-refractivity contribution in [2.24, 2.45) is 0 Å². The number of fused-ring (bicyclic) bond motifs is 1. The van der Waals surface area contributed by atoms with Gasteiger partial charge in [0, 0.05) is 31.2 Å². The third-order valence-corrected chi connectivity index (χ3v) is 3.38. The first kappa shape index (κ1) is 10.7. The van der Waals surface area contributed by atoms with Gasteiger partial charge in [-0.25, -0.2) is 0 Å². The number of benzene rings is 1. The number of para-hydroxylation sites is 1. The molecule has 88 valence electrons. The molecule has 0 amide bonds. The normalized spacial score (nSPS) is 21.1. The van der Waals surface area contributed by atoms with E-state index in [1.807, 2.05) is 24.4 Å². The first-order chi connectivity index (χ1) is 8.33. The third-order valence-electron chi connectivity index (χ3n) is 3.38.